The molecule has 0 fully saturated rings. The number of aromatic nitrogens is 2. The number of aromatic amines is 1. The van der Waals surface area contributed by atoms with E-state index in [2.05, 4.69) is 16.4 Å². The molecule has 0 unspecified atom stereocenters. The van der Waals surface area contributed by atoms with Crippen LogP contribution in [0.5, 0.6) is 0 Å². The monoisotopic (exact) mass is 454 g/mol. The van der Waals surface area contributed by atoms with Crippen molar-refractivity contribution in [3.05, 3.63) is 88.7 Å². The zero-order valence-corrected chi connectivity index (χ0v) is 19.2. The molecule has 0 atom stereocenters. The number of anilines is 1. The third-order valence-electron chi connectivity index (χ3n) is 6.02. The van der Waals surface area contributed by atoms with Crippen LogP contribution in [0.2, 0.25) is 0 Å². The van der Waals surface area contributed by atoms with E-state index in [0.717, 1.165) is 33.3 Å². The number of hydrogen-bond acceptors (Lipinski definition) is 4. The molecule has 0 aliphatic rings. The second-order valence-corrected chi connectivity index (χ2v) is 8.19. The molecule has 0 aliphatic carbocycles. The van der Waals surface area contributed by atoms with Gasteiger partial charge in [0, 0.05) is 35.8 Å². The number of H-pyrrole nitrogens is 1. The van der Waals surface area contributed by atoms with E-state index < -0.39 is 18.5 Å². The van der Waals surface area contributed by atoms with Gasteiger partial charge in [0.25, 0.3) is 5.91 Å². The maximum atomic E-state index is 12.6. The van der Waals surface area contributed by atoms with Gasteiger partial charge < -0.3 is 19.6 Å². The Balaban J connectivity index is 1.38. The quantitative estimate of drug-likeness (QED) is 0.379. The fourth-order valence-electron chi connectivity index (χ4n) is 4.06. The molecule has 4 rings (SSSR count). The van der Waals surface area contributed by atoms with E-state index in [1.807, 2.05) is 79.2 Å². The van der Waals surface area contributed by atoms with E-state index >= 15 is 0 Å². The van der Waals surface area contributed by atoms with Gasteiger partial charge in [-0.1, -0.05) is 48.5 Å². The largest absolute Gasteiger partial charge is 0.456 e. The van der Waals surface area contributed by atoms with Crippen LogP contribution in [0, 0.1) is 25.2 Å². The van der Waals surface area contributed by atoms with Crippen LogP contribution in [0.15, 0.2) is 60.8 Å². The van der Waals surface area contributed by atoms with Crippen LogP contribution < -0.4 is 5.32 Å². The molecule has 0 saturated heterocycles. The number of hydrogen-bond donors (Lipinski definition) is 2. The van der Waals surface area contributed by atoms with Crippen molar-refractivity contribution >= 4 is 28.6 Å². The molecule has 0 bridgehead atoms. The number of carbonyl (C=O) groups is 2. The Kier molecular flexibility index (Phi) is 6.79. The summed E-state index contributed by atoms with van der Waals surface area (Å²) in [5.74, 6) is -0.516. The molecule has 0 aliphatic heterocycles. The minimum atomic E-state index is -0.483. The van der Waals surface area contributed by atoms with Crippen molar-refractivity contribution < 1.29 is 14.3 Å². The second kappa shape index (κ2) is 10.1. The lowest BCUT2D eigenvalue weighted by Crippen LogP contribution is -2.23. The molecule has 0 saturated carbocycles. The number of rotatable bonds is 8. The summed E-state index contributed by atoms with van der Waals surface area (Å²) < 4.78 is 7.10. The Morgan fingerprint density at radius 2 is 1.82 bits per heavy atom. The van der Waals surface area contributed by atoms with E-state index in [1.54, 1.807) is 0 Å². The van der Waals surface area contributed by atoms with Crippen LogP contribution in [-0.4, -0.2) is 28.0 Å². The van der Waals surface area contributed by atoms with Gasteiger partial charge in [0.1, 0.15) is 11.9 Å². The highest BCUT2D eigenvalue weighted by Gasteiger charge is 2.20. The van der Waals surface area contributed by atoms with E-state index in [9.17, 15) is 14.9 Å². The summed E-state index contributed by atoms with van der Waals surface area (Å²) in [5.41, 5.74) is 5.20. The summed E-state index contributed by atoms with van der Waals surface area (Å²) in [5, 5.41) is 13.5. The molecule has 0 spiro atoms. The zero-order valence-electron chi connectivity index (χ0n) is 19.2. The topological polar surface area (TPSA) is 99.9 Å². The molecule has 7 nitrogen and oxygen atoms in total. The highest BCUT2D eigenvalue weighted by atomic mass is 16.5. The van der Waals surface area contributed by atoms with E-state index in [1.165, 1.54) is 0 Å². The second-order valence-electron chi connectivity index (χ2n) is 8.19. The van der Waals surface area contributed by atoms with Crippen LogP contribution in [0.25, 0.3) is 10.9 Å². The molecule has 1 amide bonds. The minimum Gasteiger partial charge on any atom is -0.456 e. The van der Waals surface area contributed by atoms with E-state index in [0.29, 0.717) is 24.3 Å². The van der Waals surface area contributed by atoms with Crippen LogP contribution in [0.3, 0.4) is 0 Å². The molecule has 34 heavy (non-hydrogen) atoms. The first-order valence-electron chi connectivity index (χ1n) is 11.1. The minimum absolute atomic E-state index is 0.168. The van der Waals surface area contributed by atoms with Crippen molar-refractivity contribution in [3.63, 3.8) is 0 Å². The van der Waals surface area contributed by atoms with Crippen molar-refractivity contribution in [2.75, 3.05) is 11.9 Å². The number of para-hydroxylation sites is 1. The molecule has 2 aromatic carbocycles. The van der Waals surface area contributed by atoms with Crippen LogP contribution in [-0.2, 0) is 27.3 Å². The average Bonchev–Trinajstić information content (AvgIpc) is 3.36. The van der Waals surface area contributed by atoms with Gasteiger partial charge in [-0.25, -0.2) is 0 Å². The van der Waals surface area contributed by atoms with Crippen LogP contribution in [0.1, 0.15) is 34.4 Å². The van der Waals surface area contributed by atoms with Crippen molar-refractivity contribution in [1.29, 1.82) is 5.26 Å². The average molecular weight is 455 g/mol. The highest BCUT2D eigenvalue weighted by Crippen LogP contribution is 2.27. The number of aryl methyl sites for hydroxylation is 1. The Labute approximate surface area is 198 Å². The van der Waals surface area contributed by atoms with Gasteiger partial charge in [-0.3, -0.25) is 9.59 Å². The molecule has 0 radical (unpaired) electrons. The summed E-state index contributed by atoms with van der Waals surface area (Å²) in [7, 11) is 0. The van der Waals surface area contributed by atoms with E-state index in [-0.39, 0.29) is 6.42 Å². The fraction of sp³-hybridized carbons (Fsp3) is 0.222. The summed E-state index contributed by atoms with van der Waals surface area (Å²) in [4.78, 5) is 28.0. The summed E-state index contributed by atoms with van der Waals surface area (Å²) in [6.07, 6.45) is 2.57. The zero-order chi connectivity index (χ0) is 24.1. The summed E-state index contributed by atoms with van der Waals surface area (Å²) in [6, 6.07) is 19.9. The SMILES string of the molecule is Cc1c(C#N)c(NC(=O)COC(=O)CCc2c[nH]c3ccccc23)n(Cc2ccccc2)c1C. The van der Waals surface area contributed by atoms with Gasteiger partial charge in [-0.2, -0.15) is 5.26 Å². The van der Waals surface area contributed by atoms with Crippen molar-refractivity contribution in [3.8, 4) is 6.07 Å². The molecule has 2 heterocycles. The number of fused-ring (bicyclic) bond motifs is 1. The molecule has 2 aromatic heterocycles. The normalized spacial score (nSPS) is 10.7. The maximum Gasteiger partial charge on any atom is 0.306 e. The van der Waals surface area contributed by atoms with Crippen LogP contribution >= 0.6 is 0 Å². The number of amides is 1. The summed E-state index contributed by atoms with van der Waals surface area (Å²) in [6.45, 7) is 3.87. The Morgan fingerprint density at radius 1 is 1.09 bits per heavy atom. The Bertz CT molecular complexity index is 1380. The molecule has 4 aromatic rings. The molecule has 7 heteroatoms. The van der Waals surface area contributed by atoms with E-state index in [4.69, 9.17) is 4.74 Å². The highest BCUT2D eigenvalue weighted by molar-refractivity contribution is 5.94. The Morgan fingerprint density at radius 3 is 2.59 bits per heavy atom. The third-order valence-corrected chi connectivity index (χ3v) is 6.02. The maximum absolute atomic E-state index is 12.6. The smallest absolute Gasteiger partial charge is 0.306 e. The number of ether oxygens (including phenoxy) is 1. The van der Waals surface area contributed by atoms with Crippen molar-refractivity contribution in [2.45, 2.75) is 33.2 Å². The van der Waals surface area contributed by atoms with Crippen molar-refractivity contribution in [2.24, 2.45) is 0 Å². The standard InChI is InChI=1S/C27H26N4O3/c1-18-19(2)31(16-20-8-4-3-5-9-20)27(23(18)14-28)30-25(32)17-34-26(33)13-12-21-15-29-24-11-7-6-10-22(21)24/h3-11,15,29H,12-13,16-17H2,1-2H3,(H,30,32). The van der Waals surface area contributed by atoms with Crippen LogP contribution in [0.4, 0.5) is 5.82 Å². The number of benzene rings is 2. The van der Waals surface area contributed by atoms with Gasteiger partial charge in [0.15, 0.2) is 6.61 Å². The first-order chi connectivity index (χ1) is 16.5. The first-order valence-corrected chi connectivity index (χ1v) is 11.1. The molecule has 2 N–H and O–H groups in total. The van der Waals surface area contributed by atoms with Gasteiger partial charge in [-0.05, 0) is 43.0 Å². The fourth-order valence-corrected chi connectivity index (χ4v) is 4.06. The predicted molar refractivity (Wildman–Crippen MR) is 130 cm³/mol. The molecule has 172 valence electrons. The lowest BCUT2D eigenvalue weighted by atomic mass is 10.1. The number of nitrogens with zero attached hydrogens (tertiary/aromatic N) is 2. The molecular formula is C27H26N4O3. The third kappa shape index (κ3) is 4.86. The van der Waals surface area contributed by atoms with Crippen molar-refractivity contribution in [1.82, 2.24) is 9.55 Å². The number of nitrogens with one attached hydrogen (secondary N) is 2. The lowest BCUT2D eigenvalue weighted by Gasteiger charge is -2.13. The summed E-state index contributed by atoms with van der Waals surface area (Å²) >= 11 is 0. The van der Waals surface area contributed by atoms with Gasteiger partial charge in [0.05, 0.1) is 5.56 Å². The molecular weight excluding hydrogens is 428 g/mol. The van der Waals surface area contributed by atoms with Gasteiger partial charge >= 0.3 is 5.97 Å². The predicted octanol–water partition coefficient (Wildman–Crippen LogP) is 4.62. The lowest BCUT2D eigenvalue weighted by molar-refractivity contribution is -0.147. The Hall–Kier alpha value is -4.31. The number of esters is 1. The van der Waals surface area contributed by atoms with Gasteiger partial charge in [0.2, 0.25) is 0 Å². The van der Waals surface area contributed by atoms with Gasteiger partial charge in [-0.15, -0.1) is 0 Å². The number of nitriles is 1. The number of carbonyl (C=O) groups excluding carboxylic acids is 2. The first kappa shape index (κ1) is 22.9.